The number of hydrogen-bond donors (Lipinski definition) is 1. The lowest BCUT2D eigenvalue weighted by atomic mass is 9.95. The van der Waals surface area contributed by atoms with E-state index in [-0.39, 0.29) is 0 Å². The highest BCUT2D eigenvalue weighted by molar-refractivity contribution is 6.34. The molecule has 7 nitrogen and oxygen atoms in total. The van der Waals surface area contributed by atoms with Gasteiger partial charge < -0.3 is 0 Å². The molecule has 2 aromatic carbocycles. The highest BCUT2D eigenvalue weighted by Crippen LogP contribution is 2.35. The molecule has 0 unspecified atom stereocenters. The molecule has 6 aromatic rings. The number of rotatable bonds is 6. The number of nitrogens with one attached hydrogen (secondary N) is 1. The maximum absolute atomic E-state index is 6.43. The number of piperidine rings is 1. The van der Waals surface area contributed by atoms with E-state index in [9.17, 15) is 0 Å². The first kappa shape index (κ1) is 25.5. The maximum atomic E-state index is 6.43. The molecule has 1 N–H and O–H groups in total. The summed E-state index contributed by atoms with van der Waals surface area (Å²) in [5, 5.41) is 8.88. The van der Waals surface area contributed by atoms with Gasteiger partial charge in [0.2, 0.25) is 0 Å². The summed E-state index contributed by atoms with van der Waals surface area (Å²) in [7, 11) is 0. The minimum absolute atomic E-state index is 0.387. The molecule has 41 heavy (non-hydrogen) atoms. The van der Waals surface area contributed by atoms with Crippen molar-refractivity contribution in [1.82, 2.24) is 35.0 Å². The van der Waals surface area contributed by atoms with Gasteiger partial charge in [-0.1, -0.05) is 72.3 Å². The van der Waals surface area contributed by atoms with E-state index in [0.717, 1.165) is 77.3 Å². The lowest BCUT2D eigenvalue weighted by Crippen LogP contribution is -2.32. The fraction of sp³-hybridized carbons (Fsp3) is 0.182. The molecule has 202 valence electrons. The number of fused-ring (bicyclic) bond motifs is 1. The van der Waals surface area contributed by atoms with E-state index in [1.165, 1.54) is 5.56 Å². The van der Waals surface area contributed by atoms with Crippen LogP contribution in [0.25, 0.3) is 44.8 Å². The van der Waals surface area contributed by atoms with Crippen molar-refractivity contribution in [2.24, 2.45) is 0 Å². The molecule has 0 saturated carbocycles. The number of aromatic nitrogens is 6. The summed E-state index contributed by atoms with van der Waals surface area (Å²) >= 11 is 6.43. The van der Waals surface area contributed by atoms with Crippen LogP contribution in [0.15, 0.2) is 97.3 Å². The van der Waals surface area contributed by atoms with Crippen LogP contribution in [0.5, 0.6) is 0 Å². The predicted octanol–water partition coefficient (Wildman–Crippen LogP) is 7.18. The Kier molecular flexibility index (Phi) is 6.96. The van der Waals surface area contributed by atoms with Gasteiger partial charge in [0.25, 0.3) is 0 Å². The molecule has 0 atom stereocenters. The van der Waals surface area contributed by atoms with Crippen LogP contribution >= 0.6 is 11.6 Å². The zero-order valence-electron chi connectivity index (χ0n) is 22.4. The first-order valence-electron chi connectivity index (χ1n) is 13.9. The van der Waals surface area contributed by atoms with Crippen LogP contribution in [0.2, 0.25) is 5.15 Å². The fourth-order valence-corrected chi connectivity index (χ4v) is 5.79. The zero-order valence-corrected chi connectivity index (χ0v) is 23.2. The molecule has 0 bridgehead atoms. The van der Waals surface area contributed by atoms with Gasteiger partial charge in [0.05, 0.1) is 11.2 Å². The third kappa shape index (κ3) is 5.34. The molecule has 5 heterocycles. The molecule has 4 aromatic heterocycles. The monoisotopic (exact) mass is 557 g/mol. The summed E-state index contributed by atoms with van der Waals surface area (Å²) in [5.41, 5.74) is 7.09. The SMILES string of the molecule is Clc1nccc2nc(-c3ccc(CN4CCC(c5nc(-c6ccccn6)n[nH]5)CC4)cc3)c(-c3ccccc3)cc12. The van der Waals surface area contributed by atoms with E-state index in [1.54, 1.807) is 12.4 Å². The molecule has 0 aliphatic carbocycles. The predicted molar refractivity (Wildman–Crippen MR) is 162 cm³/mol. The van der Waals surface area contributed by atoms with Gasteiger partial charge in [-0.25, -0.2) is 15.0 Å². The molecule has 1 fully saturated rings. The Hall–Kier alpha value is -4.46. The highest BCUT2D eigenvalue weighted by atomic mass is 35.5. The summed E-state index contributed by atoms with van der Waals surface area (Å²) in [5.74, 6) is 2.01. The van der Waals surface area contributed by atoms with E-state index in [1.807, 2.05) is 42.5 Å². The topological polar surface area (TPSA) is 83.5 Å². The lowest BCUT2D eigenvalue weighted by molar-refractivity contribution is 0.202. The smallest absolute Gasteiger partial charge is 0.199 e. The molecule has 1 aliphatic rings. The van der Waals surface area contributed by atoms with E-state index in [2.05, 4.69) is 67.5 Å². The zero-order chi connectivity index (χ0) is 27.6. The van der Waals surface area contributed by atoms with Crippen molar-refractivity contribution in [2.75, 3.05) is 13.1 Å². The molecule has 0 spiro atoms. The van der Waals surface area contributed by atoms with Gasteiger partial charge >= 0.3 is 0 Å². The second kappa shape index (κ2) is 11.2. The molecule has 0 amide bonds. The first-order chi connectivity index (χ1) is 20.2. The second-order valence-electron chi connectivity index (χ2n) is 10.4. The van der Waals surface area contributed by atoms with Crippen molar-refractivity contribution < 1.29 is 0 Å². The first-order valence-corrected chi connectivity index (χ1v) is 14.2. The van der Waals surface area contributed by atoms with Gasteiger partial charge in [-0.05, 0) is 61.3 Å². The summed E-state index contributed by atoms with van der Waals surface area (Å²) in [6.45, 7) is 2.96. The van der Waals surface area contributed by atoms with Crippen molar-refractivity contribution in [3.05, 3.63) is 114 Å². The number of pyridine rings is 3. The van der Waals surface area contributed by atoms with Gasteiger partial charge in [0, 0.05) is 41.4 Å². The number of hydrogen-bond acceptors (Lipinski definition) is 6. The van der Waals surface area contributed by atoms with Crippen molar-refractivity contribution in [3.8, 4) is 33.9 Å². The Bertz CT molecular complexity index is 1780. The van der Waals surface area contributed by atoms with Crippen molar-refractivity contribution >= 4 is 22.5 Å². The highest BCUT2D eigenvalue weighted by Gasteiger charge is 2.24. The Morgan fingerprint density at radius 2 is 1.61 bits per heavy atom. The largest absolute Gasteiger partial charge is 0.299 e. The number of aromatic amines is 1. The van der Waals surface area contributed by atoms with Crippen molar-refractivity contribution in [3.63, 3.8) is 0 Å². The van der Waals surface area contributed by atoms with Crippen molar-refractivity contribution in [1.29, 1.82) is 0 Å². The number of nitrogens with zero attached hydrogens (tertiary/aromatic N) is 6. The standard InChI is InChI=1S/C33H28ClN7/c34-31-27-20-26(23-6-2-1-3-7-23)30(37-28(27)13-17-36-31)24-11-9-22(10-12-24)21-41-18-14-25(15-19-41)32-38-33(40-39-32)29-8-4-5-16-35-29/h1-13,16-17,20,25H,14-15,18-19,21H2,(H,38,39,40). The molecule has 0 radical (unpaired) electrons. The third-order valence-corrected chi connectivity index (χ3v) is 8.09. The number of likely N-dealkylation sites (tertiary alicyclic amines) is 1. The van der Waals surface area contributed by atoms with Gasteiger partial charge in [0.1, 0.15) is 16.7 Å². The van der Waals surface area contributed by atoms with Gasteiger partial charge in [-0.2, -0.15) is 5.10 Å². The van der Waals surface area contributed by atoms with Crippen LogP contribution in [0, 0.1) is 0 Å². The molecular weight excluding hydrogens is 530 g/mol. The Balaban J connectivity index is 1.06. The summed E-state index contributed by atoms with van der Waals surface area (Å²) in [4.78, 5) is 20.9. The average molecular weight is 558 g/mol. The molecule has 7 rings (SSSR count). The van der Waals surface area contributed by atoms with E-state index in [4.69, 9.17) is 21.6 Å². The number of benzene rings is 2. The van der Waals surface area contributed by atoms with Gasteiger partial charge in [-0.15, -0.1) is 0 Å². The Morgan fingerprint density at radius 3 is 2.39 bits per heavy atom. The van der Waals surface area contributed by atoms with E-state index < -0.39 is 0 Å². The average Bonchev–Trinajstić information content (AvgIpc) is 3.53. The molecular formula is C33H28ClN7. The third-order valence-electron chi connectivity index (χ3n) is 7.78. The quantitative estimate of drug-likeness (QED) is 0.218. The Morgan fingerprint density at radius 1 is 0.805 bits per heavy atom. The van der Waals surface area contributed by atoms with Crippen LogP contribution in [-0.2, 0) is 6.54 Å². The minimum atomic E-state index is 0.387. The van der Waals surface area contributed by atoms with Gasteiger partial charge in [0.15, 0.2) is 5.82 Å². The summed E-state index contributed by atoms with van der Waals surface area (Å²) < 4.78 is 0. The van der Waals surface area contributed by atoms with E-state index >= 15 is 0 Å². The second-order valence-corrected chi connectivity index (χ2v) is 10.8. The molecule has 8 heteroatoms. The van der Waals surface area contributed by atoms with E-state index in [0.29, 0.717) is 16.9 Å². The Labute approximate surface area is 243 Å². The normalized spacial score (nSPS) is 14.5. The number of halogens is 1. The van der Waals surface area contributed by atoms with Crippen LogP contribution in [-0.4, -0.2) is 48.1 Å². The lowest BCUT2D eigenvalue weighted by Gasteiger charge is -2.31. The molecule has 1 saturated heterocycles. The molecule has 1 aliphatic heterocycles. The fourth-order valence-electron chi connectivity index (χ4n) is 5.58. The van der Waals surface area contributed by atoms with Crippen LogP contribution in [0.4, 0.5) is 0 Å². The van der Waals surface area contributed by atoms with Crippen LogP contribution in [0.1, 0.15) is 30.1 Å². The van der Waals surface area contributed by atoms with Gasteiger partial charge in [-0.3, -0.25) is 15.0 Å². The van der Waals surface area contributed by atoms with Crippen molar-refractivity contribution in [2.45, 2.75) is 25.3 Å². The number of H-pyrrole nitrogens is 1. The van der Waals surface area contributed by atoms with Crippen LogP contribution in [0.3, 0.4) is 0 Å². The van der Waals surface area contributed by atoms with Crippen LogP contribution < -0.4 is 0 Å². The maximum Gasteiger partial charge on any atom is 0.199 e. The summed E-state index contributed by atoms with van der Waals surface area (Å²) in [6, 6.07) is 28.9. The summed E-state index contributed by atoms with van der Waals surface area (Å²) in [6.07, 6.45) is 5.57. The minimum Gasteiger partial charge on any atom is -0.299 e.